The Morgan fingerprint density at radius 1 is 0.675 bits per heavy atom. The first kappa shape index (κ1) is 27.4. The molecule has 0 radical (unpaired) electrons. The predicted molar refractivity (Wildman–Crippen MR) is 148 cm³/mol. The van der Waals surface area contributed by atoms with E-state index in [4.69, 9.17) is 16.7 Å². The fourth-order valence-corrected chi connectivity index (χ4v) is 4.88. The van der Waals surface area contributed by atoms with E-state index in [9.17, 15) is 17.6 Å². The number of halogens is 5. The fourth-order valence-electron chi connectivity index (χ4n) is 4.62. The van der Waals surface area contributed by atoms with Gasteiger partial charge in [-0.1, -0.05) is 24.3 Å². The lowest BCUT2D eigenvalue weighted by molar-refractivity contribution is 0.269. The highest BCUT2D eigenvalue weighted by atomic mass is 35.5. The van der Waals surface area contributed by atoms with Crippen LogP contribution in [0.5, 0.6) is 0 Å². The number of aliphatic hydroxyl groups excluding tert-OH is 1. The number of hydrogen-bond acceptors (Lipinski definition) is 3. The Balaban J connectivity index is 0.000000161. The van der Waals surface area contributed by atoms with Gasteiger partial charge in [-0.25, -0.2) is 17.6 Å². The number of fused-ring (bicyclic) bond motifs is 2. The molecule has 5 nitrogen and oxygen atoms in total. The highest BCUT2D eigenvalue weighted by Gasteiger charge is 2.15. The van der Waals surface area contributed by atoms with E-state index in [0.717, 1.165) is 27.4 Å². The number of alkyl halides is 1. The molecule has 0 atom stereocenters. The molecule has 0 spiro atoms. The maximum atomic E-state index is 13.9. The van der Waals surface area contributed by atoms with Crippen molar-refractivity contribution in [2.75, 3.05) is 0 Å². The van der Waals surface area contributed by atoms with Gasteiger partial charge < -0.3 is 5.11 Å². The van der Waals surface area contributed by atoms with Crippen molar-refractivity contribution in [2.45, 2.75) is 12.5 Å². The van der Waals surface area contributed by atoms with Crippen molar-refractivity contribution in [1.82, 2.24) is 19.6 Å². The molecular weight excluding hydrogens is 544 g/mol. The average Bonchev–Trinajstić information content (AvgIpc) is 3.49. The number of aromatic nitrogens is 4. The molecule has 1 N–H and O–H groups in total. The van der Waals surface area contributed by atoms with Crippen LogP contribution in [0.15, 0.2) is 73.1 Å². The number of benzene rings is 4. The molecule has 0 unspecified atom stereocenters. The summed E-state index contributed by atoms with van der Waals surface area (Å²) in [5, 5.41) is 19.2. The molecule has 0 amide bonds. The zero-order chi connectivity index (χ0) is 28.6. The second kappa shape index (κ2) is 11.1. The summed E-state index contributed by atoms with van der Waals surface area (Å²) in [5.41, 5.74) is 3.49. The topological polar surface area (TPSA) is 55.9 Å². The molecule has 6 aromatic rings. The Labute approximate surface area is 231 Å². The van der Waals surface area contributed by atoms with E-state index >= 15 is 0 Å². The third-order valence-electron chi connectivity index (χ3n) is 6.52. The summed E-state index contributed by atoms with van der Waals surface area (Å²) < 4.78 is 58.6. The lowest BCUT2D eigenvalue weighted by Crippen LogP contribution is -1.96. The van der Waals surface area contributed by atoms with E-state index in [1.807, 2.05) is 37.5 Å². The summed E-state index contributed by atoms with van der Waals surface area (Å²) in [6, 6.07) is 16.0. The lowest BCUT2D eigenvalue weighted by atomic mass is 10.00. The Bertz CT molecular complexity index is 1680. The number of rotatable bonds is 4. The summed E-state index contributed by atoms with van der Waals surface area (Å²) in [5.74, 6) is -2.94. The summed E-state index contributed by atoms with van der Waals surface area (Å²) in [6.45, 7) is -0.658. The van der Waals surface area contributed by atoms with Gasteiger partial charge in [0.25, 0.3) is 0 Å². The largest absolute Gasteiger partial charge is 0.391 e. The maximum absolute atomic E-state index is 13.9. The van der Waals surface area contributed by atoms with Crippen molar-refractivity contribution in [2.24, 2.45) is 14.1 Å². The van der Waals surface area contributed by atoms with Gasteiger partial charge in [-0.05, 0) is 58.7 Å². The number of aryl methyl sites for hydroxylation is 2. The van der Waals surface area contributed by atoms with E-state index in [0.29, 0.717) is 16.7 Å². The Morgan fingerprint density at radius 2 is 1.07 bits per heavy atom. The smallest absolute Gasteiger partial charge is 0.132 e. The first-order chi connectivity index (χ1) is 19.2. The van der Waals surface area contributed by atoms with Crippen molar-refractivity contribution in [3.63, 3.8) is 0 Å². The second-order valence-electron chi connectivity index (χ2n) is 9.21. The third kappa shape index (κ3) is 5.17. The summed E-state index contributed by atoms with van der Waals surface area (Å²) in [7, 11) is 3.60. The van der Waals surface area contributed by atoms with Gasteiger partial charge in [0.1, 0.15) is 23.3 Å². The van der Waals surface area contributed by atoms with E-state index in [-0.39, 0.29) is 17.0 Å². The van der Waals surface area contributed by atoms with Crippen LogP contribution in [0.4, 0.5) is 17.6 Å². The quantitative estimate of drug-likeness (QED) is 0.180. The molecule has 6 rings (SSSR count). The molecule has 0 aliphatic heterocycles. The lowest BCUT2D eigenvalue weighted by Gasteiger charge is -2.07. The fraction of sp³-hybridized carbons (Fsp3) is 0.133. The van der Waals surface area contributed by atoms with Crippen LogP contribution >= 0.6 is 11.6 Å². The number of aliphatic hydroxyl groups is 1. The molecule has 2 heterocycles. The molecule has 0 saturated carbocycles. The highest BCUT2D eigenvalue weighted by Crippen LogP contribution is 2.32. The minimum Gasteiger partial charge on any atom is -0.391 e. The van der Waals surface area contributed by atoms with Crippen LogP contribution < -0.4 is 0 Å². The molecule has 4 aromatic carbocycles. The van der Waals surface area contributed by atoms with Crippen LogP contribution in [0.25, 0.3) is 44.1 Å². The predicted octanol–water partition coefficient (Wildman–Crippen LogP) is 7.27. The number of nitrogens with zero attached hydrogens (tertiary/aromatic N) is 4. The van der Waals surface area contributed by atoms with Crippen LogP contribution in [0.3, 0.4) is 0 Å². The summed E-state index contributed by atoms with van der Waals surface area (Å²) >= 11 is 5.54. The molecule has 204 valence electrons. The molecule has 0 saturated heterocycles. The van der Waals surface area contributed by atoms with Crippen LogP contribution in [0.1, 0.15) is 11.1 Å². The van der Waals surface area contributed by atoms with Crippen molar-refractivity contribution in [3.8, 4) is 22.3 Å². The van der Waals surface area contributed by atoms with E-state index in [2.05, 4.69) is 10.2 Å². The normalized spacial score (nSPS) is 11.2. The van der Waals surface area contributed by atoms with Gasteiger partial charge in [-0.3, -0.25) is 9.36 Å². The van der Waals surface area contributed by atoms with Crippen LogP contribution in [0, 0.1) is 23.3 Å². The van der Waals surface area contributed by atoms with Crippen LogP contribution in [-0.4, -0.2) is 24.7 Å². The third-order valence-corrected chi connectivity index (χ3v) is 6.79. The average molecular weight is 567 g/mol. The van der Waals surface area contributed by atoms with E-state index < -0.39 is 29.9 Å². The second-order valence-corrected chi connectivity index (χ2v) is 9.48. The molecule has 0 fully saturated rings. The van der Waals surface area contributed by atoms with Crippen molar-refractivity contribution in [1.29, 1.82) is 0 Å². The molecule has 10 heteroatoms. The zero-order valence-corrected chi connectivity index (χ0v) is 22.2. The molecule has 2 aromatic heterocycles. The Hall–Kier alpha value is -4.21. The van der Waals surface area contributed by atoms with Crippen molar-refractivity contribution >= 4 is 33.4 Å². The first-order valence-electron chi connectivity index (χ1n) is 12.2. The minimum atomic E-state index is -0.747. The summed E-state index contributed by atoms with van der Waals surface area (Å²) in [6.07, 6.45) is 3.64. The molecular formula is C30H23ClF4N4O. The number of hydrogen-bond donors (Lipinski definition) is 1. The van der Waals surface area contributed by atoms with Gasteiger partial charge in [0.15, 0.2) is 0 Å². The SMILES string of the molecule is Cn1cc2c(-c3cc(F)c(CCl)c(F)c3)cccc2n1.Cn1cc2c(-c3cc(F)c(CO)c(F)c3)cccc2n1. The molecule has 40 heavy (non-hydrogen) atoms. The highest BCUT2D eigenvalue weighted by molar-refractivity contribution is 6.17. The van der Waals surface area contributed by atoms with E-state index in [1.54, 1.807) is 34.7 Å². The summed E-state index contributed by atoms with van der Waals surface area (Å²) in [4.78, 5) is 0. The van der Waals surface area contributed by atoms with Gasteiger partial charge in [0.05, 0.1) is 23.5 Å². The van der Waals surface area contributed by atoms with Gasteiger partial charge in [-0.15, -0.1) is 11.6 Å². The Morgan fingerprint density at radius 3 is 1.45 bits per heavy atom. The zero-order valence-electron chi connectivity index (χ0n) is 21.5. The van der Waals surface area contributed by atoms with E-state index in [1.165, 1.54) is 24.3 Å². The maximum Gasteiger partial charge on any atom is 0.132 e. The van der Waals surface area contributed by atoms with Gasteiger partial charge >= 0.3 is 0 Å². The van der Waals surface area contributed by atoms with Crippen molar-refractivity contribution in [3.05, 3.63) is 107 Å². The van der Waals surface area contributed by atoms with Crippen LogP contribution in [-0.2, 0) is 26.6 Å². The van der Waals surface area contributed by atoms with Gasteiger partial charge in [0.2, 0.25) is 0 Å². The molecule has 0 aliphatic carbocycles. The van der Waals surface area contributed by atoms with Crippen LogP contribution in [0.2, 0.25) is 0 Å². The van der Waals surface area contributed by atoms with Gasteiger partial charge in [0, 0.05) is 48.4 Å². The minimum absolute atomic E-state index is 0.103. The monoisotopic (exact) mass is 566 g/mol. The first-order valence-corrected chi connectivity index (χ1v) is 12.7. The molecule has 0 aliphatic rings. The molecule has 0 bridgehead atoms. The Kier molecular flexibility index (Phi) is 7.60. The van der Waals surface area contributed by atoms with Gasteiger partial charge in [-0.2, -0.15) is 10.2 Å². The standard InChI is InChI=1S/C15H11ClF2N2.C15H12F2N2O/c1-20-8-12-10(3-2-4-15(12)19-20)9-5-13(17)11(7-16)14(18)6-9;1-19-7-11-10(3-2-4-15(11)18-19)9-5-13(16)12(8-20)14(17)6-9/h2-6,8H,7H2,1H3;2-7,20H,8H2,1H3. The van der Waals surface area contributed by atoms with Crippen molar-refractivity contribution < 1.29 is 22.7 Å².